The Balaban J connectivity index is 1.69. The zero-order valence-corrected chi connectivity index (χ0v) is 13.5. The predicted octanol–water partition coefficient (Wildman–Crippen LogP) is 3.37. The van der Waals surface area contributed by atoms with Crippen LogP contribution in [0.3, 0.4) is 0 Å². The second-order valence-corrected chi connectivity index (χ2v) is 5.70. The van der Waals surface area contributed by atoms with Crippen molar-refractivity contribution in [3.63, 3.8) is 0 Å². The molecule has 1 aliphatic rings. The van der Waals surface area contributed by atoms with Gasteiger partial charge in [0.1, 0.15) is 5.75 Å². The van der Waals surface area contributed by atoms with Gasteiger partial charge in [-0.25, -0.2) is 0 Å². The first-order valence-electron chi connectivity index (χ1n) is 7.68. The van der Waals surface area contributed by atoms with Crippen LogP contribution in [-0.4, -0.2) is 17.9 Å². The molecule has 2 aromatic rings. The SMILES string of the molecule is Cc1cccc(/C=C/C(=O)Nc2ccc3c(c2)NC(=O)[C@H](C)O3)c1. The summed E-state index contributed by atoms with van der Waals surface area (Å²) in [6, 6.07) is 13.0. The Morgan fingerprint density at radius 2 is 2.08 bits per heavy atom. The minimum atomic E-state index is -0.518. The van der Waals surface area contributed by atoms with E-state index in [1.807, 2.05) is 31.2 Å². The summed E-state index contributed by atoms with van der Waals surface area (Å²) in [5.74, 6) is 0.147. The van der Waals surface area contributed by atoms with Gasteiger partial charge in [0, 0.05) is 11.8 Å². The van der Waals surface area contributed by atoms with E-state index in [0.717, 1.165) is 11.1 Å². The van der Waals surface area contributed by atoms with Crippen LogP contribution in [0.15, 0.2) is 48.5 Å². The topological polar surface area (TPSA) is 67.4 Å². The molecule has 2 N–H and O–H groups in total. The number of amides is 2. The van der Waals surface area contributed by atoms with Crippen molar-refractivity contribution in [3.8, 4) is 5.75 Å². The summed E-state index contributed by atoms with van der Waals surface area (Å²) in [5.41, 5.74) is 3.24. The summed E-state index contributed by atoms with van der Waals surface area (Å²) in [7, 11) is 0. The fraction of sp³-hybridized carbons (Fsp3) is 0.158. The first-order chi connectivity index (χ1) is 11.5. The summed E-state index contributed by atoms with van der Waals surface area (Å²) in [4.78, 5) is 23.7. The van der Waals surface area contributed by atoms with E-state index in [0.29, 0.717) is 17.1 Å². The monoisotopic (exact) mass is 322 g/mol. The van der Waals surface area contributed by atoms with Gasteiger partial charge in [0.05, 0.1) is 5.69 Å². The van der Waals surface area contributed by atoms with Crippen molar-refractivity contribution >= 4 is 29.3 Å². The molecule has 2 amide bonds. The molecule has 0 aliphatic carbocycles. The maximum atomic E-state index is 12.0. The molecule has 0 saturated carbocycles. The number of ether oxygens (including phenoxy) is 1. The number of fused-ring (bicyclic) bond motifs is 1. The van der Waals surface area contributed by atoms with Crippen LogP contribution < -0.4 is 15.4 Å². The number of carbonyl (C=O) groups excluding carboxylic acids is 2. The molecule has 0 bridgehead atoms. The molecule has 122 valence electrons. The van der Waals surface area contributed by atoms with Crippen molar-refractivity contribution in [2.45, 2.75) is 20.0 Å². The van der Waals surface area contributed by atoms with Crippen molar-refractivity contribution in [3.05, 3.63) is 59.7 Å². The van der Waals surface area contributed by atoms with Crippen LogP contribution in [0.5, 0.6) is 5.75 Å². The van der Waals surface area contributed by atoms with Crippen molar-refractivity contribution in [1.82, 2.24) is 0 Å². The van der Waals surface area contributed by atoms with Crippen LogP contribution in [-0.2, 0) is 9.59 Å². The fourth-order valence-corrected chi connectivity index (χ4v) is 2.42. The van der Waals surface area contributed by atoms with E-state index < -0.39 is 6.10 Å². The van der Waals surface area contributed by atoms with Crippen molar-refractivity contribution in [1.29, 1.82) is 0 Å². The van der Waals surface area contributed by atoms with E-state index in [4.69, 9.17) is 4.74 Å². The van der Waals surface area contributed by atoms with Gasteiger partial charge in [-0.05, 0) is 43.7 Å². The molecular weight excluding hydrogens is 304 g/mol. The molecule has 0 saturated heterocycles. The van der Waals surface area contributed by atoms with Crippen molar-refractivity contribution in [2.24, 2.45) is 0 Å². The standard InChI is InChI=1S/C19H18N2O3/c1-12-4-3-5-14(10-12)6-9-18(22)20-15-7-8-17-16(11-15)21-19(23)13(2)24-17/h3-11,13H,1-2H3,(H,20,22)(H,21,23)/b9-6+/t13-/m0/s1. The average Bonchev–Trinajstić information content (AvgIpc) is 2.54. The minimum Gasteiger partial charge on any atom is -0.479 e. The lowest BCUT2D eigenvalue weighted by Gasteiger charge is -2.23. The highest BCUT2D eigenvalue weighted by atomic mass is 16.5. The molecule has 2 aromatic carbocycles. The van der Waals surface area contributed by atoms with Crippen LogP contribution in [0, 0.1) is 6.92 Å². The van der Waals surface area contributed by atoms with Gasteiger partial charge in [0.25, 0.3) is 5.91 Å². The van der Waals surface area contributed by atoms with E-state index in [2.05, 4.69) is 10.6 Å². The lowest BCUT2D eigenvalue weighted by molar-refractivity contribution is -0.122. The Kier molecular flexibility index (Phi) is 4.33. The second-order valence-electron chi connectivity index (χ2n) is 5.70. The Hall–Kier alpha value is -3.08. The number of rotatable bonds is 3. The molecule has 0 fully saturated rings. The Bertz CT molecular complexity index is 827. The first-order valence-corrected chi connectivity index (χ1v) is 7.68. The van der Waals surface area contributed by atoms with Crippen LogP contribution >= 0.6 is 0 Å². The minimum absolute atomic E-state index is 0.203. The normalized spacial score (nSPS) is 16.2. The molecule has 0 radical (unpaired) electrons. The number of hydrogen-bond donors (Lipinski definition) is 2. The second kappa shape index (κ2) is 6.58. The molecule has 1 aliphatic heterocycles. The summed E-state index contributed by atoms with van der Waals surface area (Å²) < 4.78 is 5.48. The molecule has 0 aromatic heterocycles. The number of carbonyl (C=O) groups is 2. The lowest BCUT2D eigenvalue weighted by atomic mass is 10.1. The molecule has 1 heterocycles. The van der Waals surface area contributed by atoms with Gasteiger partial charge in [-0.3, -0.25) is 9.59 Å². The third kappa shape index (κ3) is 3.63. The largest absolute Gasteiger partial charge is 0.479 e. The zero-order chi connectivity index (χ0) is 17.1. The first kappa shape index (κ1) is 15.8. The summed E-state index contributed by atoms with van der Waals surface area (Å²) in [6.45, 7) is 3.69. The van der Waals surface area contributed by atoms with Crippen LogP contribution in [0.2, 0.25) is 0 Å². The van der Waals surface area contributed by atoms with Gasteiger partial charge in [-0.15, -0.1) is 0 Å². The van der Waals surface area contributed by atoms with E-state index in [9.17, 15) is 9.59 Å². The van der Waals surface area contributed by atoms with Gasteiger partial charge < -0.3 is 15.4 Å². The molecule has 5 nitrogen and oxygen atoms in total. The molecule has 24 heavy (non-hydrogen) atoms. The van der Waals surface area contributed by atoms with Gasteiger partial charge >= 0.3 is 0 Å². The van der Waals surface area contributed by atoms with E-state index in [1.54, 1.807) is 31.2 Å². The van der Waals surface area contributed by atoms with E-state index in [1.165, 1.54) is 6.08 Å². The molecule has 0 unspecified atom stereocenters. The molecular formula is C19H18N2O3. The smallest absolute Gasteiger partial charge is 0.265 e. The average molecular weight is 322 g/mol. The number of nitrogens with one attached hydrogen (secondary N) is 2. The van der Waals surface area contributed by atoms with Gasteiger partial charge in [0.15, 0.2) is 6.10 Å². The van der Waals surface area contributed by atoms with Gasteiger partial charge in [-0.1, -0.05) is 29.8 Å². The number of benzene rings is 2. The number of hydrogen-bond acceptors (Lipinski definition) is 3. The Morgan fingerprint density at radius 1 is 1.25 bits per heavy atom. The van der Waals surface area contributed by atoms with Crippen molar-refractivity contribution in [2.75, 3.05) is 10.6 Å². The molecule has 3 rings (SSSR count). The summed E-state index contributed by atoms with van der Waals surface area (Å²) in [6.07, 6.45) is 2.72. The van der Waals surface area contributed by atoms with Gasteiger partial charge in [-0.2, -0.15) is 0 Å². The van der Waals surface area contributed by atoms with E-state index >= 15 is 0 Å². The van der Waals surface area contributed by atoms with Crippen LogP contribution in [0.4, 0.5) is 11.4 Å². The van der Waals surface area contributed by atoms with Gasteiger partial charge in [0.2, 0.25) is 5.91 Å². The molecule has 1 atom stereocenters. The summed E-state index contributed by atoms with van der Waals surface area (Å²) in [5, 5.41) is 5.52. The Labute approximate surface area is 140 Å². The highest BCUT2D eigenvalue weighted by Gasteiger charge is 2.23. The Morgan fingerprint density at radius 3 is 2.88 bits per heavy atom. The zero-order valence-electron chi connectivity index (χ0n) is 13.5. The third-order valence-electron chi connectivity index (χ3n) is 3.65. The third-order valence-corrected chi connectivity index (χ3v) is 3.65. The fourth-order valence-electron chi connectivity index (χ4n) is 2.42. The van der Waals surface area contributed by atoms with E-state index in [-0.39, 0.29) is 11.8 Å². The predicted molar refractivity (Wildman–Crippen MR) is 94.0 cm³/mol. The summed E-state index contributed by atoms with van der Waals surface area (Å²) >= 11 is 0. The quantitative estimate of drug-likeness (QED) is 0.851. The highest BCUT2D eigenvalue weighted by molar-refractivity contribution is 6.03. The van der Waals surface area contributed by atoms with Crippen LogP contribution in [0.25, 0.3) is 6.08 Å². The maximum Gasteiger partial charge on any atom is 0.265 e. The number of anilines is 2. The van der Waals surface area contributed by atoms with Crippen molar-refractivity contribution < 1.29 is 14.3 Å². The number of aryl methyl sites for hydroxylation is 1. The lowest BCUT2D eigenvalue weighted by Crippen LogP contribution is -2.34. The van der Waals surface area contributed by atoms with Crippen LogP contribution in [0.1, 0.15) is 18.1 Å². The maximum absolute atomic E-state index is 12.0. The molecule has 0 spiro atoms. The molecule has 5 heteroatoms. The highest BCUT2D eigenvalue weighted by Crippen LogP contribution is 2.32.